The number of aliphatic hydroxyl groups excluding tert-OH is 1. The molecule has 0 fully saturated rings. The minimum atomic E-state index is 0.112. The Morgan fingerprint density at radius 1 is 1.15 bits per heavy atom. The van der Waals surface area contributed by atoms with Crippen molar-refractivity contribution < 1.29 is 5.11 Å². The maximum absolute atomic E-state index is 9.02. The maximum Gasteiger partial charge on any atom is 0.0682 e. The maximum atomic E-state index is 9.02. The van der Waals surface area contributed by atoms with Gasteiger partial charge < -0.3 is 5.11 Å². The first-order valence-electron chi connectivity index (χ1n) is 4.09. The lowest BCUT2D eigenvalue weighted by atomic mass is 10.1. The van der Waals surface area contributed by atoms with E-state index < -0.39 is 0 Å². The summed E-state index contributed by atoms with van der Waals surface area (Å²) in [6.07, 6.45) is 0. The fraction of sp³-hybridized carbons (Fsp3) is 0.0909. The van der Waals surface area contributed by atoms with E-state index in [-0.39, 0.29) is 6.61 Å². The van der Waals surface area contributed by atoms with E-state index in [1.165, 1.54) is 14.3 Å². The molecule has 0 unspecified atom stereocenters. The lowest BCUT2D eigenvalue weighted by molar-refractivity contribution is 0.282. The highest BCUT2D eigenvalue weighted by atomic mass is 127. The Morgan fingerprint density at radius 2 is 1.92 bits per heavy atom. The summed E-state index contributed by atoms with van der Waals surface area (Å²) in [5, 5.41) is 11.5. The fourth-order valence-electron chi connectivity index (χ4n) is 1.41. The van der Waals surface area contributed by atoms with Crippen LogP contribution in [0.4, 0.5) is 0 Å². The van der Waals surface area contributed by atoms with Gasteiger partial charge in [-0.15, -0.1) is 0 Å². The second-order valence-electron chi connectivity index (χ2n) is 2.96. The lowest BCUT2D eigenvalue weighted by Gasteiger charge is -2.03. The molecule has 0 radical (unpaired) electrons. The number of hydrogen-bond donors (Lipinski definition) is 1. The molecule has 0 aliphatic rings. The van der Waals surface area contributed by atoms with Gasteiger partial charge in [-0.2, -0.15) is 0 Å². The molecule has 2 rings (SSSR count). The average Bonchev–Trinajstić information content (AvgIpc) is 2.18. The summed E-state index contributed by atoms with van der Waals surface area (Å²) < 4.78 is 1.19. The van der Waals surface area contributed by atoms with Crippen molar-refractivity contribution in [1.29, 1.82) is 0 Å². The molecule has 2 aromatic carbocycles. The topological polar surface area (TPSA) is 20.2 Å². The molecule has 2 heteroatoms. The van der Waals surface area contributed by atoms with Crippen LogP contribution in [-0.4, -0.2) is 5.11 Å². The molecule has 0 atom stereocenters. The van der Waals surface area contributed by atoms with Crippen LogP contribution in [0.15, 0.2) is 36.4 Å². The van der Waals surface area contributed by atoms with Crippen molar-refractivity contribution in [2.75, 3.05) is 0 Å². The summed E-state index contributed by atoms with van der Waals surface area (Å²) in [6.45, 7) is 0.112. The van der Waals surface area contributed by atoms with Crippen molar-refractivity contribution in [3.63, 3.8) is 0 Å². The van der Waals surface area contributed by atoms with Gasteiger partial charge in [-0.25, -0.2) is 0 Å². The Hall–Kier alpha value is -0.610. The summed E-state index contributed by atoms with van der Waals surface area (Å²) >= 11 is 2.30. The number of halogens is 1. The molecule has 13 heavy (non-hydrogen) atoms. The van der Waals surface area contributed by atoms with Crippen molar-refractivity contribution in [3.8, 4) is 0 Å². The Labute approximate surface area is 90.5 Å². The van der Waals surface area contributed by atoms with E-state index in [1.54, 1.807) is 0 Å². The highest BCUT2D eigenvalue weighted by molar-refractivity contribution is 14.1. The van der Waals surface area contributed by atoms with Crippen molar-refractivity contribution in [2.24, 2.45) is 0 Å². The van der Waals surface area contributed by atoms with Gasteiger partial charge in [-0.1, -0.05) is 24.3 Å². The largest absolute Gasteiger partial charge is 0.392 e. The van der Waals surface area contributed by atoms with Crippen molar-refractivity contribution in [3.05, 3.63) is 45.5 Å². The second kappa shape index (κ2) is 3.64. The molecule has 0 spiro atoms. The molecule has 2 aromatic rings. The van der Waals surface area contributed by atoms with E-state index in [1.807, 2.05) is 24.3 Å². The molecule has 66 valence electrons. The molecule has 1 nitrogen and oxygen atoms in total. The Bertz CT molecular complexity index is 437. The van der Waals surface area contributed by atoms with E-state index in [9.17, 15) is 0 Å². The van der Waals surface area contributed by atoms with Crippen molar-refractivity contribution in [2.45, 2.75) is 6.61 Å². The molecule has 0 heterocycles. The van der Waals surface area contributed by atoms with Gasteiger partial charge in [0.2, 0.25) is 0 Å². The highest BCUT2D eigenvalue weighted by Crippen LogP contribution is 2.22. The van der Waals surface area contributed by atoms with Gasteiger partial charge in [-0.05, 0) is 51.1 Å². The highest BCUT2D eigenvalue weighted by Gasteiger charge is 1.99. The number of fused-ring (bicyclic) bond motifs is 1. The molecule has 0 amide bonds. The molecule has 0 bridgehead atoms. The van der Waals surface area contributed by atoms with Crippen LogP contribution in [0.1, 0.15) is 5.56 Å². The number of aliphatic hydroxyl groups is 1. The Kier molecular flexibility index (Phi) is 2.51. The molecule has 0 saturated carbocycles. The number of rotatable bonds is 1. The molecule has 0 aliphatic carbocycles. The normalized spacial score (nSPS) is 10.6. The quantitative estimate of drug-likeness (QED) is 0.798. The van der Waals surface area contributed by atoms with Crippen LogP contribution in [0.2, 0.25) is 0 Å². The standard InChI is InChI=1S/C11H9IO/c12-11-6-8(7-13)5-9-3-1-2-4-10(9)11/h1-6,13H,7H2. The van der Waals surface area contributed by atoms with Crippen LogP contribution in [-0.2, 0) is 6.61 Å². The second-order valence-corrected chi connectivity index (χ2v) is 4.12. The SMILES string of the molecule is OCc1cc(I)c2ccccc2c1. The van der Waals surface area contributed by atoms with Gasteiger partial charge in [0.25, 0.3) is 0 Å². The number of hydrogen-bond acceptors (Lipinski definition) is 1. The first-order valence-corrected chi connectivity index (χ1v) is 5.17. The minimum absolute atomic E-state index is 0.112. The van der Waals surface area contributed by atoms with Crippen molar-refractivity contribution >= 4 is 33.4 Å². The van der Waals surface area contributed by atoms with Gasteiger partial charge in [0.1, 0.15) is 0 Å². The van der Waals surface area contributed by atoms with Crippen molar-refractivity contribution in [1.82, 2.24) is 0 Å². The predicted octanol–water partition coefficient (Wildman–Crippen LogP) is 2.94. The number of benzene rings is 2. The zero-order valence-electron chi connectivity index (χ0n) is 7.00. The van der Waals surface area contributed by atoms with Crippen LogP contribution in [0.3, 0.4) is 0 Å². The summed E-state index contributed by atoms with van der Waals surface area (Å²) in [7, 11) is 0. The smallest absolute Gasteiger partial charge is 0.0682 e. The van der Waals surface area contributed by atoms with Gasteiger partial charge in [0.15, 0.2) is 0 Å². The van der Waals surface area contributed by atoms with E-state index in [0.29, 0.717) is 0 Å². The van der Waals surface area contributed by atoms with Gasteiger partial charge in [-0.3, -0.25) is 0 Å². The van der Waals surface area contributed by atoms with Gasteiger partial charge in [0.05, 0.1) is 6.61 Å². The van der Waals surface area contributed by atoms with Gasteiger partial charge in [0, 0.05) is 3.57 Å². The van der Waals surface area contributed by atoms with Crippen LogP contribution >= 0.6 is 22.6 Å². The molecular weight excluding hydrogens is 275 g/mol. The third-order valence-corrected chi connectivity index (χ3v) is 2.95. The molecule has 0 aromatic heterocycles. The summed E-state index contributed by atoms with van der Waals surface area (Å²) in [4.78, 5) is 0. The Morgan fingerprint density at radius 3 is 2.69 bits per heavy atom. The van der Waals surface area contributed by atoms with Crippen LogP contribution in [0, 0.1) is 3.57 Å². The van der Waals surface area contributed by atoms with Crippen LogP contribution in [0.5, 0.6) is 0 Å². The molecule has 0 saturated heterocycles. The minimum Gasteiger partial charge on any atom is -0.392 e. The average molecular weight is 284 g/mol. The first kappa shape index (κ1) is 8.97. The summed E-state index contributed by atoms with van der Waals surface area (Å²) in [6, 6.07) is 12.2. The molecular formula is C11H9IO. The third-order valence-electron chi connectivity index (χ3n) is 2.05. The first-order chi connectivity index (χ1) is 6.31. The monoisotopic (exact) mass is 284 g/mol. The van der Waals surface area contributed by atoms with Crippen LogP contribution < -0.4 is 0 Å². The zero-order valence-corrected chi connectivity index (χ0v) is 9.15. The lowest BCUT2D eigenvalue weighted by Crippen LogP contribution is -1.85. The summed E-state index contributed by atoms with van der Waals surface area (Å²) in [5.41, 5.74) is 0.975. The molecule has 0 aliphatic heterocycles. The Balaban J connectivity index is 2.77. The third kappa shape index (κ3) is 1.69. The van der Waals surface area contributed by atoms with E-state index in [4.69, 9.17) is 5.11 Å². The fourth-order valence-corrected chi connectivity index (χ4v) is 2.30. The molecule has 1 N–H and O–H groups in total. The van der Waals surface area contributed by atoms with E-state index in [0.717, 1.165) is 5.56 Å². The summed E-state index contributed by atoms with van der Waals surface area (Å²) in [5.74, 6) is 0. The predicted molar refractivity (Wildman–Crippen MR) is 62.6 cm³/mol. The van der Waals surface area contributed by atoms with Crippen LogP contribution in [0.25, 0.3) is 10.8 Å². The van der Waals surface area contributed by atoms with Gasteiger partial charge >= 0.3 is 0 Å². The van der Waals surface area contributed by atoms with E-state index in [2.05, 4.69) is 34.7 Å². The zero-order chi connectivity index (χ0) is 9.26. The van der Waals surface area contributed by atoms with E-state index >= 15 is 0 Å².